The smallest absolute Gasteiger partial charge is 0.00258 e. The molecule has 0 aliphatic rings. The monoisotopic (exact) mass is 468 g/mol. The van der Waals surface area contributed by atoms with Crippen LogP contribution < -0.4 is 0 Å². The molecular formula is C35H48. The molecule has 188 valence electrons. The van der Waals surface area contributed by atoms with Crippen LogP contribution in [0.3, 0.4) is 0 Å². The topological polar surface area (TPSA) is 0 Å². The molecule has 0 bridgehead atoms. The molecule has 0 amide bonds. The second kappa shape index (κ2) is 26.9. The standard InChI is InChI=1S/C14H12.C13H12.4C2H6/c1-3-7-13(8-4-1)11-12-14-9-5-2-6-10-14;1-3-7-12(8-4-1)11-13-9-5-2-6-10-13;4*1-2/h1-12H;1-10H,11H2;4*1-2H3/b12-11+;;;;;. The van der Waals surface area contributed by atoms with Crippen LogP contribution in [0.4, 0.5) is 0 Å². The number of hydrogen-bond donors (Lipinski definition) is 0. The molecule has 0 aliphatic heterocycles. The first kappa shape index (κ1) is 33.8. The van der Waals surface area contributed by atoms with Crippen molar-refractivity contribution in [2.45, 2.75) is 61.8 Å². The van der Waals surface area contributed by atoms with E-state index in [0.717, 1.165) is 6.42 Å². The van der Waals surface area contributed by atoms with Crippen molar-refractivity contribution in [3.8, 4) is 0 Å². The quantitative estimate of drug-likeness (QED) is 0.261. The van der Waals surface area contributed by atoms with Gasteiger partial charge in [0.2, 0.25) is 0 Å². The summed E-state index contributed by atoms with van der Waals surface area (Å²) in [6.07, 6.45) is 5.27. The minimum Gasteiger partial charge on any atom is -0.0683 e. The van der Waals surface area contributed by atoms with Crippen molar-refractivity contribution >= 4 is 12.2 Å². The minimum absolute atomic E-state index is 1.03. The lowest BCUT2D eigenvalue weighted by molar-refractivity contribution is 1.19. The SMILES string of the molecule is C(=C\c1ccccc1)/c1ccccc1.CC.CC.CC.CC.c1ccc(Cc2ccccc2)cc1. The number of benzene rings is 4. The van der Waals surface area contributed by atoms with Gasteiger partial charge in [0.15, 0.2) is 0 Å². The summed E-state index contributed by atoms with van der Waals surface area (Å²) in [5.74, 6) is 0. The van der Waals surface area contributed by atoms with Crippen molar-refractivity contribution in [3.05, 3.63) is 144 Å². The van der Waals surface area contributed by atoms with Gasteiger partial charge in [-0.3, -0.25) is 0 Å². The Labute approximate surface area is 217 Å². The van der Waals surface area contributed by atoms with Crippen LogP contribution in [0.2, 0.25) is 0 Å². The van der Waals surface area contributed by atoms with E-state index in [9.17, 15) is 0 Å². The molecule has 0 nitrogen and oxygen atoms in total. The molecule has 0 spiro atoms. The first-order chi connectivity index (χ1) is 17.4. The fourth-order valence-corrected chi connectivity index (χ4v) is 2.75. The Bertz CT molecular complexity index is 830. The molecule has 0 atom stereocenters. The molecule has 4 aromatic rings. The van der Waals surface area contributed by atoms with Gasteiger partial charge < -0.3 is 0 Å². The second-order valence-corrected chi connectivity index (χ2v) is 6.30. The molecule has 4 aromatic carbocycles. The van der Waals surface area contributed by atoms with Crippen LogP contribution in [0, 0.1) is 0 Å². The van der Waals surface area contributed by atoms with Crippen molar-refractivity contribution in [3.63, 3.8) is 0 Å². The Morgan fingerprint density at radius 2 is 0.571 bits per heavy atom. The van der Waals surface area contributed by atoms with Crippen LogP contribution in [-0.4, -0.2) is 0 Å². The third-order valence-electron chi connectivity index (χ3n) is 4.16. The van der Waals surface area contributed by atoms with Gasteiger partial charge in [-0.25, -0.2) is 0 Å². The maximum Gasteiger partial charge on any atom is -0.00258 e. The highest BCUT2D eigenvalue weighted by Gasteiger charge is 1.92. The molecule has 0 saturated carbocycles. The molecule has 0 heterocycles. The highest BCUT2D eigenvalue weighted by molar-refractivity contribution is 5.69. The zero-order chi connectivity index (χ0) is 26.6. The zero-order valence-corrected chi connectivity index (χ0v) is 23.4. The Hall–Kier alpha value is -3.38. The van der Waals surface area contributed by atoms with Gasteiger partial charge in [-0.05, 0) is 28.7 Å². The van der Waals surface area contributed by atoms with Gasteiger partial charge in [0.25, 0.3) is 0 Å². The molecule has 0 saturated heterocycles. The Morgan fingerprint density at radius 1 is 0.343 bits per heavy atom. The van der Waals surface area contributed by atoms with Crippen LogP contribution in [-0.2, 0) is 6.42 Å². The number of hydrogen-bond acceptors (Lipinski definition) is 0. The van der Waals surface area contributed by atoms with Gasteiger partial charge in [-0.2, -0.15) is 0 Å². The second-order valence-electron chi connectivity index (χ2n) is 6.30. The molecule has 35 heavy (non-hydrogen) atoms. The van der Waals surface area contributed by atoms with E-state index in [1.54, 1.807) is 0 Å². The Morgan fingerprint density at radius 3 is 0.829 bits per heavy atom. The van der Waals surface area contributed by atoms with E-state index in [1.807, 2.05) is 91.8 Å². The van der Waals surface area contributed by atoms with Crippen molar-refractivity contribution in [1.29, 1.82) is 0 Å². The van der Waals surface area contributed by atoms with Gasteiger partial charge in [-0.1, -0.05) is 189 Å². The van der Waals surface area contributed by atoms with Gasteiger partial charge in [-0.15, -0.1) is 0 Å². The van der Waals surface area contributed by atoms with E-state index in [-0.39, 0.29) is 0 Å². The lowest BCUT2D eigenvalue weighted by Gasteiger charge is -2.00. The first-order valence-electron chi connectivity index (χ1n) is 13.3. The predicted molar refractivity (Wildman–Crippen MR) is 163 cm³/mol. The van der Waals surface area contributed by atoms with Gasteiger partial charge in [0, 0.05) is 0 Å². The summed E-state index contributed by atoms with van der Waals surface area (Å²) in [5.41, 5.74) is 5.20. The van der Waals surface area contributed by atoms with Crippen LogP contribution in [0.5, 0.6) is 0 Å². The summed E-state index contributed by atoms with van der Waals surface area (Å²) >= 11 is 0. The molecular weight excluding hydrogens is 420 g/mol. The van der Waals surface area contributed by atoms with Gasteiger partial charge in [0.1, 0.15) is 0 Å². The van der Waals surface area contributed by atoms with E-state index >= 15 is 0 Å². The van der Waals surface area contributed by atoms with Crippen molar-refractivity contribution in [2.75, 3.05) is 0 Å². The Kier molecular flexibility index (Phi) is 25.9. The average molecular weight is 469 g/mol. The summed E-state index contributed by atoms with van der Waals surface area (Å²) in [4.78, 5) is 0. The van der Waals surface area contributed by atoms with E-state index in [1.165, 1.54) is 22.3 Å². The summed E-state index contributed by atoms with van der Waals surface area (Å²) in [5, 5.41) is 0. The highest BCUT2D eigenvalue weighted by atomic mass is 14.0. The molecule has 0 aromatic heterocycles. The molecule has 0 radical (unpaired) electrons. The predicted octanol–water partition coefficient (Wildman–Crippen LogP) is 11.2. The third-order valence-corrected chi connectivity index (χ3v) is 4.16. The van der Waals surface area contributed by atoms with Gasteiger partial charge >= 0.3 is 0 Å². The maximum atomic E-state index is 2.16. The third kappa shape index (κ3) is 17.7. The molecule has 0 N–H and O–H groups in total. The normalized spacial score (nSPS) is 8.57. The van der Waals surface area contributed by atoms with Gasteiger partial charge in [0.05, 0.1) is 0 Å². The summed E-state index contributed by atoms with van der Waals surface area (Å²) in [6, 6.07) is 41.7. The van der Waals surface area contributed by atoms with Crippen molar-refractivity contribution in [1.82, 2.24) is 0 Å². The fourth-order valence-electron chi connectivity index (χ4n) is 2.75. The molecule has 0 unspecified atom stereocenters. The molecule has 4 rings (SSSR count). The maximum absolute atomic E-state index is 2.16. The largest absolute Gasteiger partial charge is 0.0683 e. The molecule has 0 fully saturated rings. The molecule has 0 aliphatic carbocycles. The van der Waals surface area contributed by atoms with Crippen LogP contribution in [0.15, 0.2) is 121 Å². The molecule has 0 heteroatoms. The lowest BCUT2D eigenvalue weighted by Crippen LogP contribution is -1.85. The van der Waals surface area contributed by atoms with E-state index < -0.39 is 0 Å². The van der Waals surface area contributed by atoms with Crippen molar-refractivity contribution < 1.29 is 0 Å². The first-order valence-corrected chi connectivity index (χ1v) is 13.3. The summed E-state index contributed by atoms with van der Waals surface area (Å²) < 4.78 is 0. The number of rotatable bonds is 4. The highest BCUT2D eigenvalue weighted by Crippen LogP contribution is 2.08. The van der Waals surface area contributed by atoms with E-state index in [0.29, 0.717) is 0 Å². The lowest BCUT2D eigenvalue weighted by atomic mass is 10.1. The summed E-state index contributed by atoms with van der Waals surface area (Å²) in [7, 11) is 0. The van der Waals surface area contributed by atoms with E-state index in [2.05, 4.69) is 97.1 Å². The van der Waals surface area contributed by atoms with Crippen LogP contribution in [0.1, 0.15) is 77.6 Å². The van der Waals surface area contributed by atoms with Crippen LogP contribution >= 0.6 is 0 Å². The van der Waals surface area contributed by atoms with Crippen molar-refractivity contribution in [2.24, 2.45) is 0 Å². The average Bonchev–Trinajstić information content (AvgIpc) is 2.99. The summed E-state index contributed by atoms with van der Waals surface area (Å²) in [6.45, 7) is 16.0. The van der Waals surface area contributed by atoms with E-state index in [4.69, 9.17) is 0 Å². The zero-order valence-electron chi connectivity index (χ0n) is 23.4. The fraction of sp³-hybridized carbons (Fsp3) is 0.257. The minimum atomic E-state index is 1.03. The Balaban J connectivity index is 0. The van der Waals surface area contributed by atoms with Crippen LogP contribution in [0.25, 0.3) is 12.2 Å².